The van der Waals surface area contributed by atoms with Gasteiger partial charge in [-0.05, 0) is 46.3 Å². The highest BCUT2D eigenvalue weighted by atomic mass is 32.2. The summed E-state index contributed by atoms with van der Waals surface area (Å²) >= 11 is 1.51. The number of thioether (sulfide) groups is 1. The van der Waals surface area contributed by atoms with E-state index in [4.69, 9.17) is 9.47 Å². The molecule has 0 aromatic carbocycles. The van der Waals surface area contributed by atoms with Crippen LogP contribution >= 0.6 is 11.8 Å². The van der Waals surface area contributed by atoms with Crippen molar-refractivity contribution in [1.82, 2.24) is 10.6 Å². The zero-order valence-electron chi connectivity index (χ0n) is 18.2. The van der Waals surface area contributed by atoms with Gasteiger partial charge in [-0.1, -0.05) is 0 Å². The number of hydrogen-bond donors (Lipinski definition) is 2. The first-order valence-corrected chi connectivity index (χ1v) is 11.1. The van der Waals surface area contributed by atoms with E-state index in [1.165, 1.54) is 25.8 Å². The Morgan fingerprint density at radius 2 is 1.93 bits per heavy atom. The van der Waals surface area contributed by atoms with E-state index in [0.29, 0.717) is 17.9 Å². The molecule has 1 saturated heterocycles. The quantitative estimate of drug-likeness (QED) is 0.541. The van der Waals surface area contributed by atoms with E-state index < -0.39 is 35.7 Å². The van der Waals surface area contributed by atoms with Crippen LogP contribution in [0.15, 0.2) is 0 Å². The number of methoxy groups -OCH3 is 1. The van der Waals surface area contributed by atoms with Gasteiger partial charge in [0, 0.05) is 18.6 Å². The monoisotopic (exact) mass is 444 g/mol. The van der Waals surface area contributed by atoms with E-state index >= 15 is 0 Å². The molecule has 1 aliphatic heterocycles. The van der Waals surface area contributed by atoms with Gasteiger partial charge in [0.1, 0.15) is 17.4 Å². The molecule has 3 atom stereocenters. The Morgan fingerprint density at radius 3 is 2.50 bits per heavy atom. The molecule has 0 saturated carbocycles. The smallest absolute Gasteiger partial charge is 0.408 e. The lowest BCUT2D eigenvalue weighted by Crippen LogP contribution is -2.46. The maximum Gasteiger partial charge on any atom is 0.408 e. The minimum atomic E-state index is -0.840. The highest BCUT2D eigenvalue weighted by Crippen LogP contribution is 2.20. The maximum absolute atomic E-state index is 12.4. The Kier molecular flexibility index (Phi) is 10.3. The molecule has 0 spiro atoms. The summed E-state index contributed by atoms with van der Waals surface area (Å²) in [5, 5.41) is 5.14. The van der Waals surface area contributed by atoms with Crippen molar-refractivity contribution >= 4 is 41.3 Å². The summed E-state index contributed by atoms with van der Waals surface area (Å²) in [4.78, 5) is 60.3. The minimum Gasteiger partial charge on any atom is -0.467 e. The molecular formula is C20H32N2O7S. The van der Waals surface area contributed by atoms with Crippen molar-refractivity contribution in [1.29, 1.82) is 0 Å². The lowest BCUT2D eigenvalue weighted by Gasteiger charge is -2.24. The number of ether oxygens (including phenoxy) is 2. The summed E-state index contributed by atoms with van der Waals surface area (Å²) in [7, 11) is 1.26. The Hall–Kier alpha value is -2.10. The second kappa shape index (κ2) is 11.9. The van der Waals surface area contributed by atoms with Crippen LogP contribution in [0.1, 0.15) is 53.4 Å². The van der Waals surface area contributed by atoms with Gasteiger partial charge in [0.05, 0.1) is 19.1 Å². The van der Waals surface area contributed by atoms with E-state index in [0.717, 1.165) is 0 Å². The molecule has 170 valence electrons. The van der Waals surface area contributed by atoms with Gasteiger partial charge in [-0.3, -0.25) is 14.4 Å². The van der Waals surface area contributed by atoms with Crippen LogP contribution in [0.3, 0.4) is 0 Å². The van der Waals surface area contributed by atoms with Crippen molar-refractivity contribution < 1.29 is 33.4 Å². The van der Waals surface area contributed by atoms with E-state index in [1.807, 2.05) is 0 Å². The number of Topliss-reactive ketones (excluding diaryl/α,β-unsaturated/α-hetero) is 2. The normalized spacial score (nSPS) is 20.8. The number of carbonyl (C=O) groups excluding carboxylic acids is 5. The first-order chi connectivity index (χ1) is 13.9. The first-order valence-electron chi connectivity index (χ1n) is 9.90. The average Bonchev–Trinajstić information content (AvgIpc) is 2.62. The fourth-order valence-corrected chi connectivity index (χ4v) is 3.97. The van der Waals surface area contributed by atoms with Crippen molar-refractivity contribution in [3.8, 4) is 0 Å². The molecule has 0 bridgehead atoms. The molecule has 1 heterocycles. The SMILES string of the molecule is COC(=O)[C@H]1CCSC[C@H](CC(=O)CC[C@H](NC(=O)OC(C)(C)C)C(C)=O)C(=O)N1. The number of ketones is 2. The molecule has 0 aromatic heterocycles. The van der Waals surface area contributed by atoms with Gasteiger partial charge < -0.3 is 20.1 Å². The number of esters is 1. The lowest BCUT2D eigenvalue weighted by molar-refractivity contribution is -0.145. The number of alkyl carbamates (subject to hydrolysis) is 1. The maximum atomic E-state index is 12.4. The average molecular weight is 445 g/mol. The molecule has 0 unspecified atom stereocenters. The number of nitrogens with one attached hydrogen (secondary N) is 2. The molecule has 0 radical (unpaired) electrons. The Labute approximate surface area is 181 Å². The molecule has 2 amide bonds. The summed E-state index contributed by atoms with van der Waals surface area (Å²) < 4.78 is 9.84. The summed E-state index contributed by atoms with van der Waals surface area (Å²) in [6, 6.07) is -1.55. The molecule has 0 aliphatic carbocycles. The van der Waals surface area contributed by atoms with E-state index in [-0.39, 0.29) is 36.7 Å². The zero-order valence-corrected chi connectivity index (χ0v) is 19.1. The molecule has 1 rings (SSSR count). The van der Waals surface area contributed by atoms with Crippen molar-refractivity contribution in [2.24, 2.45) is 5.92 Å². The van der Waals surface area contributed by atoms with E-state index in [9.17, 15) is 24.0 Å². The first kappa shape index (κ1) is 25.9. The molecule has 1 aliphatic rings. The molecule has 2 N–H and O–H groups in total. The number of carbonyl (C=O) groups is 5. The van der Waals surface area contributed by atoms with Crippen LogP contribution in [0.2, 0.25) is 0 Å². The minimum absolute atomic E-state index is 0.00376. The Morgan fingerprint density at radius 1 is 1.27 bits per heavy atom. The predicted octanol–water partition coefficient (Wildman–Crippen LogP) is 1.62. The Balaban J connectivity index is 2.59. The molecule has 10 heteroatoms. The third-order valence-electron chi connectivity index (χ3n) is 4.41. The van der Waals surface area contributed by atoms with Crippen LogP contribution in [0.5, 0.6) is 0 Å². The van der Waals surface area contributed by atoms with Crippen molar-refractivity contribution in [2.75, 3.05) is 18.6 Å². The highest BCUT2D eigenvalue weighted by Gasteiger charge is 2.30. The van der Waals surface area contributed by atoms with E-state index in [1.54, 1.807) is 20.8 Å². The fourth-order valence-electron chi connectivity index (χ4n) is 2.84. The van der Waals surface area contributed by atoms with Crippen LogP contribution in [-0.4, -0.2) is 65.8 Å². The summed E-state index contributed by atoms with van der Waals surface area (Å²) in [5.74, 6) is -0.773. The highest BCUT2D eigenvalue weighted by molar-refractivity contribution is 7.99. The molecular weight excluding hydrogens is 412 g/mol. The van der Waals surface area contributed by atoms with Crippen LogP contribution in [0.4, 0.5) is 4.79 Å². The molecule has 9 nitrogen and oxygen atoms in total. The number of hydrogen-bond acceptors (Lipinski definition) is 8. The third-order valence-corrected chi connectivity index (χ3v) is 5.57. The summed E-state index contributed by atoms with van der Waals surface area (Å²) in [6.07, 6.45) is -0.0848. The Bertz CT molecular complexity index is 660. The number of rotatable bonds is 8. The third kappa shape index (κ3) is 9.60. The molecule has 30 heavy (non-hydrogen) atoms. The van der Waals surface area contributed by atoms with Crippen molar-refractivity contribution in [3.63, 3.8) is 0 Å². The largest absolute Gasteiger partial charge is 0.467 e. The van der Waals surface area contributed by atoms with Gasteiger partial charge >= 0.3 is 12.1 Å². The molecule has 1 fully saturated rings. The van der Waals surface area contributed by atoms with Crippen LogP contribution in [-0.2, 0) is 28.7 Å². The standard InChI is InChI=1S/C20H32N2O7S/c1-12(23)15(22-19(27)29-20(2,3)4)7-6-14(24)10-13-11-30-9-8-16(18(26)28-5)21-17(13)25/h13,15-16H,6-11H2,1-5H3,(H,21,25)(H,22,27)/t13-,15-,16+/m0/s1. The van der Waals surface area contributed by atoms with Gasteiger partial charge in [0.15, 0.2) is 5.78 Å². The van der Waals surface area contributed by atoms with Crippen LogP contribution in [0, 0.1) is 5.92 Å². The second-order valence-corrected chi connectivity index (χ2v) is 9.39. The summed E-state index contributed by atoms with van der Waals surface area (Å²) in [5.41, 5.74) is -0.702. The van der Waals surface area contributed by atoms with Gasteiger partial charge in [0.25, 0.3) is 0 Å². The van der Waals surface area contributed by atoms with Crippen LogP contribution in [0.25, 0.3) is 0 Å². The van der Waals surface area contributed by atoms with E-state index in [2.05, 4.69) is 10.6 Å². The van der Waals surface area contributed by atoms with Crippen LogP contribution < -0.4 is 10.6 Å². The van der Waals surface area contributed by atoms with Gasteiger partial charge in [-0.2, -0.15) is 11.8 Å². The topological polar surface area (TPSA) is 128 Å². The van der Waals surface area contributed by atoms with Gasteiger partial charge in [-0.25, -0.2) is 9.59 Å². The predicted molar refractivity (Wildman–Crippen MR) is 112 cm³/mol. The van der Waals surface area contributed by atoms with Crippen molar-refractivity contribution in [3.05, 3.63) is 0 Å². The zero-order chi connectivity index (χ0) is 22.9. The lowest BCUT2D eigenvalue weighted by atomic mass is 9.97. The fraction of sp³-hybridized carbons (Fsp3) is 0.750. The van der Waals surface area contributed by atoms with Gasteiger partial charge in [-0.15, -0.1) is 0 Å². The second-order valence-electron chi connectivity index (χ2n) is 8.24. The number of amides is 2. The van der Waals surface area contributed by atoms with Gasteiger partial charge in [0.2, 0.25) is 5.91 Å². The molecule has 0 aromatic rings. The summed E-state index contributed by atoms with van der Waals surface area (Å²) in [6.45, 7) is 6.46. The van der Waals surface area contributed by atoms with Crippen molar-refractivity contribution in [2.45, 2.75) is 71.1 Å².